The van der Waals surface area contributed by atoms with Crippen LogP contribution in [0.5, 0.6) is 0 Å². The van der Waals surface area contributed by atoms with E-state index in [0.29, 0.717) is 0 Å². The van der Waals surface area contributed by atoms with Crippen LogP contribution < -0.4 is 5.19 Å². The first-order valence-corrected chi connectivity index (χ1v) is 6.44. The van der Waals surface area contributed by atoms with Crippen LogP contribution in [0.2, 0.25) is 13.1 Å². The standard InChI is InChI=1S/C8H10F2Si.FH/c1-11(2)8-4-6(9)3-7(10)5-8;/h3-5,11H,1-2H3;1H. The van der Waals surface area contributed by atoms with Crippen LogP contribution in [0.3, 0.4) is 0 Å². The van der Waals surface area contributed by atoms with Crippen LogP contribution in [-0.4, -0.2) is 8.80 Å². The second-order valence-corrected chi connectivity index (χ2v) is 5.83. The molecule has 0 radical (unpaired) electrons. The predicted molar refractivity (Wildman–Crippen MR) is 47.4 cm³/mol. The van der Waals surface area contributed by atoms with E-state index in [0.717, 1.165) is 11.3 Å². The number of hydrogen-bond acceptors (Lipinski definition) is 0. The first-order valence-electron chi connectivity index (χ1n) is 3.55. The minimum atomic E-state index is -1.06. The molecule has 4 heteroatoms. The Kier molecular flexibility index (Phi) is 4.02. The Hall–Kier alpha value is -0.773. The normalized spacial score (nSPS) is 9.75. The third-order valence-corrected chi connectivity index (χ3v) is 3.22. The molecule has 0 saturated heterocycles. The molecular weight excluding hydrogens is 181 g/mol. The van der Waals surface area contributed by atoms with Crippen LogP contribution in [0.15, 0.2) is 18.2 Å². The Labute approximate surface area is 71.2 Å². The predicted octanol–water partition coefficient (Wildman–Crippen LogP) is 1.81. The van der Waals surface area contributed by atoms with E-state index in [1.807, 2.05) is 13.1 Å². The van der Waals surface area contributed by atoms with Crippen LogP contribution in [0.25, 0.3) is 0 Å². The highest BCUT2D eigenvalue weighted by molar-refractivity contribution is 6.70. The van der Waals surface area contributed by atoms with Crippen LogP contribution in [0.4, 0.5) is 13.5 Å². The van der Waals surface area contributed by atoms with Crippen molar-refractivity contribution in [2.75, 3.05) is 0 Å². The Morgan fingerprint density at radius 2 is 1.42 bits per heavy atom. The first kappa shape index (κ1) is 11.2. The van der Waals surface area contributed by atoms with Crippen LogP contribution in [-0.2, 0) is 0 Å². The van der Waals surface area contributed by atoms with Gasteiger partial charge in [0.05, 0.1) is 8.80 Å². The van der Waals surface area contributed by atoms with Gasteiger partial charge in [0.15, 0.2) is 0 Å². The molecule has 0 unspecified atom stereocenters. The summed E-state index contributed by atoms with van der Waals surface area (Å²) in [6, 6.07) is 3.74. The highest BCUT2D eigenvalue weighted by atomic mass is 28.3. The van der Waals surface area contributed by atoms with Crippen molar-refractivity contribution in [2.24, 2.45) is 0 Å². The van der Waals surface area contributed by atoms with Crippen molar-refractivity contribution in [3.8, 4) is 0 Å². The van der Waals surface area contributed by atoms with Crippen molar-refractivity contribution in [1.29, 1.82) is 0 Å². The Balaban J connectivity index is 0.00000121. The maximum atomic E-state index is 12.6. The summed E-state index contributed by atoms with van der Waals surface area (Å²) in [7, 11) is -1.06. The van der Waals surface area contributed by atoms with Gasteiger partial charge in [-0.2, -0.15) is 0 Å². The highest BCUT2D eigenvalue weighted by Gasteiger charge is 2.03. The van der Waals surface area contributed by atoms with Gasteiger partial charge in [0.2, 0.25) is 0 Å². The fraction of sp³-hybridized carbons (Fsp3) is 0.250. The maximum absolute atomic E-state index is 12.6. The van der Waals surface area contributed by atoms with Crippen LogP contribution in [0, 0.1) is 11.6 Å². The third-order valence-electron chi connectivity index (χ3n) is 1.55. The van der Waals surface area contributed by atoms with E-state index in [9.17, 15) is 8.78 Å². The van der Waals surface area contributed by atoms with E-state index >= 15 is 0 Å². The van der Waals surface area contributed by atoms with E-state index < -0.39 is 20.4 Å². The zero-order chi connectivity index (χ0) is 8.43. The zero-order valence-corrected chi connectivity index (χ0v) is 8.13. The summed E-state index contributed by atoms with van der Waals surface area (Å²) in [5.41, 5.74) is 0. The topological polar surface area (TPSA) is 0 Å². The largest absolute Gasteiger partial charge is 0.269 e. The van der Waals surface area contributed by atoms with Gasteiger partial charge in [-0.3, -0.25) is 4.70 Å². The molecular formula is C8H11F3Si. The molecule has 0 fully saturated rings. The second kappa shape index (κ2) is 4.30. The molecule has 0 nitrogen and oxygen atoms in total. The van der Waals surface area contributed by atoms with Gasteiger partial charge in [0, 0.05) is 6.07 Å². The molecule has 0 bridgehead atoms. The summed E-state index contributed by atoms with van der Waals surface area (Å²) in [6.45, 7) is 4.07. The van der Waals surface area contributed by atoms with E-state index in [2.05, 4.69) is 0 Å². The molecule has 0 aromatic heterocycles. The summed E-state index contributed by atoms with van der Waals surface area (Å²) in [4.78, 5) is 0. The summed E-state index contributed by atoms with van der Waals surface area (Å²) < 4.78 is 25.1. The highest BCUT2D eigenvalue weighted by Crippen LogP contribution is 2.00. The number of benzene rings is 1. The average molecular weight is 192 g/mol. The van der Waals surface area contributed by atoms with Crippen molar-refractivity contribution in [3.63, 3.8) is 0 Å². The lowest BCUT2D eigenvalue weighted by atomic mass is 10.3. The number of halogens is 3. The molecule has 0 aliphatic carbocycles. The molecule has 0 heterocycles. The molecule has 1 aromatic carbocycles. The lowest BCUT2D eigenvalue weighted by Gasteiger charge is -2.02. The monoisotopic (exact) mass is 192 g/mol. The fourth-order valence-electron chi connectivity index (χ4n) is 0.908. The van der Waals surface area contributed by atoms with E-state index in [1.165, 1.54) is 12.1 Å². The molecule has 68 valence electrons. The van der Waals surface area contributed by atoms with Gasteiger partial charge < -0.3 is 0 Å². The van der Waals surface area contributed by atoms with Crippen LogP contribution >= 0.6 is 0 Å². The Morgan fingerprint density at radius 3 is 1.75 bits per heavy atom. The molecule has 0 saturated carbocycles. The molecule has 1 rings (SSSR count). The minimum Gasteiger partial charge on any atom is -0.269 e. The molecule has 12 heavy (non-hydrogen) atoms. The van der Waals surface area contributed by atoms with Gasteiger partial charge in [-0.05, 0) is 12.1 Å². The van der Waals surface area contributed by atoms with E-state index in [-0.39, 0.29) is 4.70 Å². The second-order valence-electron chi connectivity index (χ2n) is 2.86. The van der Waals surface area contributed by atoms with Crippen molar-refractivity contribution < 1.29 is 13.5 Å². The molecule has 0 N–H and O–H groups in total. The minimum absolute atomic E-state index is 0. The Morgan fingerprint density at radius 1 is 1.00 bits per heavy atom. The molecule has 0 amide bonds. The fourth-order valence-corrected chi connectivity index (χ4v) is 1.89. The summed E-state index contributed by atoms with van der Waals surface area (Å²) >= 11 is 0. The van der Waals surface area contributed by atoms with E-state index in [1.54, 1.807) is 0 Å². The summed E-state index contributed by atoms with van der Waals surface area (Å²) in [5.74, 6) is -0.942. The lowest BCUT2D eigenvalue weighted by Crippen LogP contribution is -2.23. The number of rotatable bonds is 1. The molecule has 0 aliphatic heterocycles. The summed E-state index contributed by atoms with van der Waals surface area (Å²) in [6.07, 6.45) is 0. The molecule has 1 aromatic rings. The van der Waals surface area contributed by atoms with Gasteiger partial charge in [0.1, 0.15) is 11.6 Å². The maximum Gasteiger partial charge on any atom is 0.125 e. The smallest absolute Gasteiger partial charge is 0.125 e. The lowest BCUT2D eigenvalue weighted by molar-refractivity contribution is 0.585. The van der Waals surface area contributed by atoms with Crippen LogP contribution in [0.1, 0.15) is 0 Å². The first-order chi connectivity index (χ1) is 5.09. The van der Waals surface area contributed by atoms with Crippen molar-refractivity contribution in [2.45, 2.75) is 13.1 Å². The van der Waals surface area contributed by atoms with Crippen molar-refractivity contribution in [3.05, 3.63) is 29.8 Å². The summed E-state index contributed by atoms with van der Waals surface area (Å²) in [5, 5.41) is 0.836. The quantitative estimate of drug-likeness (QED) is 0.595. The van der Waals surface area contributed by atoms with Gasteiger partial charge in [-0.1, -0.05) is 18.3 Å². The molecule has 0 aliphatic rings. The van der Waals surface area contributed by atoms with Gasteiger partial charge in [-0.25, -0.2) is 8.78 Å². The van der Waals surface area contributed by atoms with Crippen molar-refractivity contribution in [1.82, 2.24) is 0 Å². The van der Waals surface area contributed by atoms with Crippen molar-refractivity contribution >= 4 is 14.0 Å². The van der Waals surface area contributed by atoms with Gasteiger partial charge in [-0.15, -0.1) is 0 Å². The number of hydrogen-bond donors (Lipinski definition) is 0. The third kappa shape index (κ3) is 2.69. The van der Waals surface area contributed by atoms with Gasteiger partial charge in [0.25, 0.3) is 0 Å². The Bertz CT molecular complexity index is 240. The molecule has 0 spiro atoms. The molecule has 0 atom stereocenters. The SMILES string of the molecule is C[SiH](C)c1cc(F)cc(F)c1.F. The van der Waals surface area contributed by atoms with E-state index in [4.69, 9.17) is 0 Å². The van der Waals surface area contributed by atoms with Gasteiger partial charge >= 0.3 is 0 Å². The zero-order valence-electron chi connectivity index (χ0n) is 6.97. The average Bonchev–Trinajstić information content (AvgIpc) is 1.85.